The Bertz CT molecular complexity index is 768. The van der Waals surface area contributed by atoms with Crippen LogP contribution in [0.4, 0.5) is 22.7 Å². The lowest BCUT2D eigenvalue weighted by Gasteiger charge is -2.39. The summed E-state index contributed by atoms with van der Waals surface area (Å²) >= 11 is 0. The summed E-state index contributed by atoms with van der Waals surface area (Å²) in [4.78, 5) is 0. The van der Waals surface area contributed by atoms with Gasteiger partial charge in [-0.2, -0.15) is 0 Å². The van der Waals surface area contributed by atoms with Crippen molar-refractivity contribution < 1.29 is 8.85 Å². The van der Waals surface area contributed by atoms with Crippen molar-refractivity contribution >= 4 is 39.4 Å². The van der Waals surface area contributed by atoms with Gasteiger partial charge in [0, 0.05) is 48.9 Å². The minimum atomic E-state index is -1.66. The smallest absolute Gasteiger partial charge is 0.186 e. The minimum Gasteiger partial charge on any atom is -0.418 e. The maximum atomic E-state index is 6.13. The van der Waals surface area contributed by atoms with Crippen molar-refractivity contribution in [2.45, 2.75) is 65.0 Å². The van der Waals surface area contributed by atoms with Crippen molar-refractivity contribution in [1.29, 1.82) is 0 Å². The van der Waals surface area contributed by atoms with E-state index < -0.39 is 16.6 Å². The van der Waals surface area contributed by atoms with E-state index in [9.17, 15) is 0 Å². The molecule has 0 aliphatic rings. The molecular weight excluding hydrogens is 442 g/mol. The van der Waals surface area contributed by atoms with Gasteiger partial charge in [0.25, 0.3) is 0 Å². The monoisotopic (exact) mass is 488 g/mol. The highest BCUT2D eigenvalue weighted by Crippen LogP contribution is 2.38. The van der Waals surface area contributed by atoms with Gasteiger partial charge in [-0.15, -0.1) is 0 Å². The maximum Gasteiger partial charge on any atom is 0.186 e. The fraction of sp³-hybridized carbons (Fsp3) is 0.538. The van der Waals surface area contributed by atoms with E-state index in [4.69, 9.17) is 20.3 Å². The van der Waals surface area contributed by atoms with Crippen LogP contribution in [-0.2, 0) is 8.85 Å². The predicted octanol–water partition coefficient (Wildman–Crippen LogP) is 6.75. The van der Waals surface area contributed by atoms with Crippen molar-refractivity contribution in [2.75, 3.05) is 37.8 Å². The van der Waals surface area contributed by atoms with E-state index in [1.54, 1.807) is 0 Å². The van der Waals surface area contributed by atoms with E-state index in [0.717, 1.165) is 67.1 Å². The van der Waals surface area contributed by atoms with Crippen LogP contribution < -0.4 is 16.0 Å². The minimum absolute atomic E-state index is 0.795. The molecule has 5 nitrogen and oxygen atoms in total. The number of nitrogen functional groups attached to an aromatic ring is 2. The lowest BCUT2D eigenvalue weighted by Crippen LogP contribution is -2.47. The quantitative estimate of drug-likeness (QED) is 0.175. The highest BCUT2D eigenvalue weighted by molar-refractivity contribution is 6.71. The molecule has 4 N–H and O–H groups in total. The molecular formula is C26H46N3O2Si2+. The van der Waals surface area contributed by atoms with Crippen LogP contribution in [0.25, 0.3) is 0 Å². The van der Waals surface area contributed by atoms with Crippen LogP contribution in [0, 0.1) is 0 Å². The van der Waals surface area contributed by atoms with Gasteiger partial charge in [-0.05, 0) is 89.2 Å². The van der Waals surface area contributed by atoms with Gasteiger partial charge in [0.15, 0.2) is 16.6 Å². The second kappa shape index (κ2) is 12.2. The van der Waals surface area contributed by atoms with Crippen molar-refractivity contribution in [2.24, 2.45) is 0 Å². The first kappa shape index (κ1) is 27.6. The number of quaternary nitrogens is 1. The van der Waals surface area contributed by atoms with Crippen molar-refractivity contribution in [3.63, 3.8) is 0 Å². The Kier molecular flexibility index (Phi) is 10.2. The molecule has 0 unspecified atom stereocenters. The second-order valence-electron chi connectivity index (χ2n) is 10.2. The molecule has 0 spiro atoms. The summed E-state index contributed by atoms with van der Waals surface area (Å²) in [7, 11) is -3.32. The van der Waals surface area contributed by atoms with Gasteiger partial charge in [-0.1, -0.05) is 0 Å². The molecule has 0 aliphatic carbocycles. The largest absolute Gasteiger partial charge is 0.418 e. The molecule has 0 amide bonds. The first-order valence-electron chi connectivity index (χ1n) is 12.4. The standard InChI is InChI=1S/C26H46N3O2Si2/c1-7-30-32(3,4)21-9-19-29(25-15-11-23(27)12-16-25,26-17-13-24(28)14-18-26)20-10-22-33(5,6)31-8-2/h11-18H,7-10,19-22,27-28H2,1-6H3/q+1. The second-order valence-corrected chi connectivity index (χ2v) is 18.8. The topological polar surface area (TPSA) is 70.5 Å². The van der Waals surface area contributed by atoms with E-state index >= 15 is 0 Å². The van der Waals surface area contributed by atoms with Gasteiger partial charge in [0.1, 0.15) is 11.4 Å². The average molecular weight is 489 g/mol. The molecule has 2 aromatic carbocycles. The normalized spacial score (nSPS) is 12.8. The number of nitrogens with zero attached hydrogens (tertiary/aromatic N) is 1. The van der Waals surface area contributed by atoms with E-state index in [2.05, 4.69) is 64.3 Å². The molecule has 0 saturated heterocycles. The first-order valence-corrected chi connectivity index (χ1v) is 18.6. The maximum absolute atomic E-state index is 6.13. The van der Waals surface area contributed by atoms with Crippen LogP contribution in [0.3, 0.4) is 0 Å². The Morgan fingerprint density at radius 2 is 0.970 bits per heavy atom. The molecule has 0 aromatic heterocycles. The van der Waals surface area contributed by atoms with Gasteiger partial charge in [0.05, 0.1) is 13.1 Å². The van der Waals surface area contributed by atoms with Crippen molar-refractivity contribution in [1.82, 2.24) is 4.48 Å². The van der Waals surface area contributed by atoms with Crippen LogP contribution in [0.15, 0.2) is 48.5 Å². The third-order valence-corrected chi connectivity index (χ3v) is 11.7. The van der Waals surface area contributed by atoms with E-state index in [1.807, 2.05) is 24.3 Å². The molecule has 0 saturated carbocycles. The molecule has 184 valence electrons. The zero-order valence-corrected chi connectivity index (χ0v) is 23.7. The van der Waals surface area contributed by atoms with Crippen LogP contribution in [-0.4, -0.2) is 42.9 Å². The number of anilines is 2. The number of rotatable bonds is 14. The molecule has 0 bridgehead atoms. The third kappa shape index (κ3) is 8.26. The number of nitrogens with two attached hydrogens (primary N) is 2. The molecule has 0 atom stereocenters. The molecule has 0 heterocycles. The summed E-state index contributed by atoms with van der Waals surface area (Å²) < 4.78 is 13.1. The number of benzene rings is 2. The fourth-order valence-electron chi connectivity index (χ4n) is 4.77. The molecule has 0 radical (unpaired) electrons. The third-order valence-electron chi connectivity index (χ3n) is 6.48. The highest BCUT2D eigenvalue weighted by Gasteiger charge is 2.35. The Labute approximate surface area is 203 Å². The van der Waals surface area contributed by atoms with Gasteiger partial charge in [0.2, 0.25) is 0 Å². The van der Waals surface area contributed by atoms with Crippen LogP contribution in [0.2, 0.25) is 38.3 Å². The van der Waals surface area contributed by atoms with Crippen molar-refractivity contribution in [3.05, 3.63) is 48.5 Å². The number of hydrogen-bond donors (Lipinski definition) is 2. The Morgan fingerprint density at radius 3 is 1.27 bits per heavy atom. The lowest BCUT2D eigenvalue weighted by molar-refractivity contribution is 0.318. The zero-order chi connectivity index (χ0) is 24.5. The van der Waals surface area contributed by atoms with Crippen LogP contribution in [0.5, 0.6) is 0 Å². The first-order chi connectivity index (χ1) is 15.5. The lowest BCUT2D eigenvalue weighted by atomic mass is 10.1. The van der Waals surface area contributed by atoms with Gasteiger partial charge < -0.3 is 20.3 Å². The van der Waals surface area contributed by atoms with E-state index in [1.165, 1.54) is 11.4 Å². The van der Waals surface area contributed by atoms with E-state index in [0.29, 0.717) is 0 Å². The number of hydrogen-bond acceptors (Lipinski definition) is 4. The summed E-state index contributed by atoms with van der Waals surface area (Å²) in [6.45, 7) is 17.1. The Hall–Kier alpha value is -1.65. The summed E-state index contributed by atoms with van der Waals surface area (Å²) in [5.41, 5.74) is 16.3. The molecule has 2 rings (SSSR count). The average Bonchev–Trinajstić information content (AvgIpc) is 2.73. The summed E-state index contributed by atoms with van der Waals surface area (Å²) in [5.74, 6) is 0. The molecule has 0 aliphatic heterocycles. The van der Waals surface area contributed by atoms with Crippen LogP contribution >= 0.6 is 0 Å². The summed E-state index contributed by atoms with van der Waals surface area (Å²) in [6, 6.07) is 19.2. The molecule has 33 heavy (non-hydrogen) atoms. The molecule has 7 heteroatoms. The van der Waals surface area contributed by atoms with Crippen LogP contribution in [0.1, 0.15) is 26.7 Å². The summed E-state index contributed by atoms with van der Waals surface area (Å²) in [6.07, 6.45) is 2.22. The Morgan fingerprint density at radius 1 is 0.636 bits per heavy atom. The molecule has 2 aromatic rings. The van der Waals surface area contributed by atoms with Gasteiger partial charge in [-0.25, -0.2) is 0 Å². The summed E-state index contributed by atoms with van der Waals surface area (Å²) in [5, 5.41) is 0. The molecule has 0 fully saturated rings. The van der Waals surface area contributed by atoms with E-state index in [-0.39, 0.29) is 0 Å². The van der Waals surface area contributed by atoms with Gasteiger partial charge >= 0.3 is 0 Å². The zero-order valence-electron chi connectivity index (χ0n) is 21.7. The Balaban J connectivity index is 2.41. The SMILES string of the molecule is CCO[Si](C)(C)CCC[N+](CCC[Si](C)(C)OCC)(c1ccc(N)cc1)c1ccc(N)cc1. The van der Waals surface area contributed by atoms with Gasteiger partial charge in [-0.3, -0.25) is 4.48 Å². The van der Waals surface area contributed by atoms with Crippen molar-refractivity contribution in [3.8, 4) is 0 Å². The fourth-order valence-corrected chi connectivity index (χ4v) is 8.64. The predicted molar refractivity (Wildman–Crippen MR) is 150 cm³/mol. The highest BCUT2D eigenvalue weighted by atomic mass is 28.4.